The highest BCUT2D eigenvalue weighted by atomic mass is 19.1. The van der Waals surface area contributed by atoms with E-state index in [2.05, 4.69) is 0 Å². The molecule has 0 radical (unpaired) electrons. The number of rotatable bonds is 4. The van der Waals surface area contributed by atoms with Gasteiger partial charge in [0, 0.05) is 13.1 Å². The maximum Gasteiger partial charge on any atom is 0.263 e. The number of amides is 1. The molecule has 2 atom stereocenters. The van der Waals surface area contributed by atoms with Crippen LogP contribution in [0.5, 0.6) is 5.75 Å². The van der Waals surface area contributed by atoms with E-state index in [-0.39, 0.29) is 11.7 Å². The molecule has 1 heterocycles. The lowest BCUT2D eigenvalue weighted by Gasteiger charge is -2.29. The third-order valence-corrected chi connectivity index (χ3v) is 3.76. The van der Waals surface area contributed by atoms with Crippen LogP contribution in [0.3, 0.4) is 0 Å². The number of carbonyl (C=O) groups excluding carboxylic acids is 1. The van der Waals surface area contributed by atoms with Crippen LogP contribution in [0, 0.1) is 5.82 Å². The number of halogens is 1. The van der Waals surface area contributed by atoms with Crippen LogP contribution < -0.4 is 4.74 Å². The SMILES string of the molecule is CC(Oc1ccc(C(C)O)cc1F)C(=O)N1CCCCC1. The molecule has 1 aliphatic rings. The van der Waals surface area contributed by atoms with Crippen molar-refractivity contribution in [1.82, 2.24) is 4.90 Å². The van der Waals surface area contributed by atoms with Gasteiger partial charge in [0.15, 0.2) is 17.7 Å². The van der Waals surface area contributed by atoms with Gasteiger partial charge < -0.3 is 14.7 Å². The first-order valence-electron chi connectivity index (χ1n) is 7.42. The highest BCUT2D eigenvalue weighted by Gasteiger charge is 2.24. The molecule has 1 N–H and O–H groups in total. The van der Waals surface area contributed by atoms with E-state index < -0.39 is 18.0 Å². The van der Waals surface area contributed by atoms with Gasteiger partial charge >= 0.3 is 0 Å². The van der Waals surface area contributed by atoms with Crippen molar-refractivity contribution in [2.75, 3.05) is 13.1 Å². The van der Waals surface area contributed by atoms with Crippen LogP contribution in [-0.4, -0.2) is 35.1 Å². The summed E-state index contributed by atoms with van der Waals surface area (Å²) in [5.41, 5.74) is 0.481. The summed E-state index contributed by atoms with van der Waals surface area (Å²) >= 11 is 0. The third kappa shape index (κ3) is 3.94. The van der Waals surface area contributed by atoms with Crippen LogP contribution in [0.25, 0.3) is 0 Å². The molecule has 2 unspecified atom stereocenters. The highest BCUT2D eigenvalue weighted by Crippen LogP contribution is 2.23. The van der Waals surface area contributed by atoms with Crippen molar-refractivity contribution >= 4 is 5.91 Å². The molecule has 1 amide bonds. The Hall–Kier alpha value is -1.62. The number of aliphatic hydroxyl groups is 1. The van der Waals surface area contributed by atoms with Crippen molar-refractivity contribution in [3.05, 3.63) is 29.6 Å². The minimum absolute atomic E-state index is 0.0391. The zero-order valence-corrected chi connectivity index (χ0v) is 12.5. The second-order valence-electron chi connectivity index (χ2n) is 5.51. The minimum Gasteiger partial charge on any atom is -0.478 e. The Labute approximate surface area is 124 Å². The predicted octanol–water partition coefficient (Wildman–Crippen LogP) is 2.66. The topological polar surface area (TPSA) is 49.8 Å². The molecule has 116 valence electrons. The normalized spacial score (nSPS) is 18.2. The van der Waals surface area contributed by atoms with Crippen molar-refractivity contribution < 1.29 is 19.0 Å². The summed E-state index contributed by atoms with van der Waals surface area (Å²) in [6.07, 6.45) is 1.72. The zero-order valence-electron chi connectivity index (χ0n) is 12.5. The summed E-state index contributed by atoms with van der Waals surface area (Å²) in [5.74, 6) is -0.627. The summed E-state index contributed by atoms with van der Waals surface area (Å²) in [5, 5.41) is 9.41. The number of nitrogens with zero attached hydrogens (tertiary/aromatic N) is 1. The molecule has 1 fully saturated rings. The van der Waals surface area contributed by atoms with Gasteiger partial charge in [-0.05, 0) is 50.8 Å². The second-order valence-corrected chi connectivity index (χ2v) is 5.51. The fourth-order valence-electron chi connectivity index (χ4n) is 2.48. The van der Waals surface area contributed by atoms with Crippen molar-refractivity contribution in [2.45, 2.75) is 45.3 Å². The van der Waals surface area contributed by atoms with Gasteiger partial charge in [-0.25, -0.2) is 4.39 Å². The first kappa shape index (κ1) is 15.8. The lowest BCUT2D eigenvalue weighted by molar-refractivity contribution is -0.138. The van der Waals surface area contributed by atoms with Crippen molar-refractivity contribution in [3.63, 3.8) is 0 Å². The average molecular weight is 295 g/mol. The van der Waals surface area contributed by atoms with Crippen LogP contribution >= 0.6 is 0 Å². The molecule has 0 saturated carbocycles. The first-order valence-corrected chi connectivity index (χ1v) is 7.42. The maximum absolute atomic E-state index is 13.9. The Morgan fingerprint density at radius 2 is 1.95 bits per heavy atom. The van der Waals surface area contributed by atoms with Crippen LogP contribution in [-0.2, 0) is 4.79 Å². The summed E-state index contributed by atoms with van der Waals surface area (Å²) in [4.78, 5) is 14.0. The number of ether oxygens (including phenoxy) is 1. The molecular formula is C16H22FNO3. The molecule has 0 aromatic heterocycles. The predicted molar refractivity (Wildman–Crippen MR) is 77.6 cm³/mol. The minimum atomic E-state index is -0.735. The van der Waals surface area contributed by atoms with Crippen molar-refractivity contribution in [2.24, 2.45) is 0 Å². The van der Waals surface area contributed by atoms with E-state index in [9.17, 15) is 14.3 Å². The Morgan fingerprint density at radius 1 is 1.29 bits per heavy atom. The van der Waals surface area contributed by atoms with Gasteiger partial charge in [-0.2, -0.15) is 0 Å². The van der Waals surface area contributed by atoms with E-state index >= 15 is 0 Å². The fraction of sp³-hybridized carbons (Fsp3) is 0.562. The number of benzene rings is 1. The molecule has 1 saturated heterocycles. The van der Waals surface area contributed by atoms with Gasteiger partial charge in [0.25, 0.3) is 5.91 Å². The van der Waals surface area contributed by atoms with Crippen LogP contribution in [0.15, 0.2) is 18.2 Å². The van der Waals surface area contributed by atoms with Gasteiger partial charge in [-0.3, -0.25) is 4.79 Å². The van der Waals surface area contributed by atoms with Gasteiger partial charge in [-0.15, -0.1) is 0 Å². The maximum atomic E-state index is 13.9. The summed E-state index contributed by atoms with van der Waals surface area (Å²) in [6.45, 7) is 4.70. The Morgan fingerprint density at radius 3 is 2.52 bits per heavy atom. The van der Waals surface area contributed by atoms with E-state index in [0.29, 0.717) is 5.56 Å². The summed E-state index contributed by atoms with van der Waals surface area (Å²) < 4.78 is 19.4. The summed E-state index contributed by atoms with van der Waals surface area (Å²) in [6, 6.07) is 4.29. The van der Waals surface area contributed by atoms with E-state index in [1.54, 1.807) is 24.8 Å². The molecule has 21 heavy (non-hydrogen) atoms. The van der Waals surface area contributed by atoms with Crippen molar-refractivity contribution in [1.29, 1.82) is 0 Å². The van der Waals surface area contributed by atoms with Crippen molar-refractivity contribution in [3.8, 4) is 5.75 Å². The molecule has 4 nitrogen and oxygen atoms in total. The molecule has 0 bridgehead atoms. The smallest absolute Gasteiger partial charge is 0.263 e. The van der Waals surface area contributed by atoms with Gasteiger partial charge in [0.2, 0.25) is 0 Å². The highest BCUT2D eigenvalue weighted by molar-refractivity contribution is 5.81. The Balaban J connectivity index is 2.01. The number of likely N-dealkylation sites (tertiary alicyclic amines) is 1. The quantitative estimate of drug-likeness (QED) is 0.929. The van der Waals surface area contributed by atoms with Gasteiger partial charge in [0.1, 0.15) is 0 Å². The first-order chi connectivity index (χ1) is 9.99. The van der Waals surface area contributed by atoms with Gasteiger partial charge in [-0.1, -0.05) is 6.07 Å². The van der Waals surface area contributed by atoms with E-state index in [0.717, 1.165) is 32.4 Å². The van der Waals surface area contributed by atoms with Crippen LogP contribution in [0.2, 0.25) is 0 Å². The largest absolute Gasteiger partial charge is 0.478 e. The third-order valence-electron chi connectivity index (χ3n) is 3.76. The van der Waals surface area contributed by atoms with E-state index in [1.807, 2.05) is 0 Å². The van der Waals surface area contributed by atoms with Crippen LogP contribution in [0.4, 0.5) is 4.39 Å². The number of aliphatic hydroxyl groups excluding tert-OH is 1. The molecular weight excluding hydrogens is 273 g/mol. The fourth-order valence-corrected chi connectivity index (χ4v) is 2.48. The van der Waals surface area contributed by atoms with E-state index in [4.69, 9.17) is 4.74 Å². The molecule has 5 heteroatoms. The van der Waals surface area contributed by atoms with Crippen LogP contribution in [0.1, 0.15) is 44.8 Å². The number of carbonyl (C=O) groups is 1. The zero-order chi connectivity index (χ0) is 15.4. The Bertz CT molecular complexity index is 498. The molecule has 0 aliphatic carbocycles. The molecule has 1 aromatic rings. The van der Waals surface area contributed by atoms with E-state index in [1.165, 1.54) is 12.1 Å². The number of piperidine rings is 1. The Kier molecular flexibility index (Phi) is 5.17. The van der Waals surface area contributed by atoms with Gasteiger partial charge in [0.05, 0.1) is 6.10 Å². The monoisotopic (exact) mass is 295 g/mol. The molecule has 2 rings (SSSR count). The number of hydrogen-bond acceptors (Lipinski definition) is 3. The second kappa shape index (κ2) is 6.89. The lowest BCUT2D eigenvalue weighted by atomic mass is 10.1. The standard InChI is InChI=1S/C16H22FNO3/c1-11(19)13-6-7-15(14(17)10-13)21-12(2)16(20)18-8-4-3-5-9-18/h6-7,10-12,19H,3-5,8-9H2,1-2H3. The summed E-state index contributed by atoms with van der Waals surface area (Å²) in [7, 11) is 0. The number of hydrogen-bond donors (Lipinski definition) is 1. The molecule has 1 aromatic carbocycles. The average Bonchev–Trinajstić information content (AvgIpc) is 2.49. The molecule has 1 aliphatic heterocycles. The lowest BCUT2D eigenvalue weighted by Crippen LogP contribution is -2.43. The molecule has 0 spiro atoms.